The van der Waals surface area contributed by atoms with E-state index in [0.717, 1.165) is 24.1 Å². The van der Waals surface area contributed by atoms with E-state index in [2.05, 4.69) is 36.6 Å². The van der Waals surface area contributed by atoms with E-state index in [9.17, 15) is 4.79 Å². The third-order valence-electron chi connectivity index (χ3n) is 3.75. The van der Waals surface area contributed by atoms with Gasteiger partial charge >= 0.3 is 6.03 Å². The van der Waals surface area contributed by atoms with Crippen LogP contribution >= 0.6 is 0 Å². The van der Waals surface area contributed by atoms with Crippen LogP contribution in [0.1, 0.15) is 38.3 Å². The van der Waals surface area contributed by atoms with Crippen LogP contribution in [-0.2, 0) is 17.6 Å². The highest BCUT2D eigenvalue weighted by Crippen LogP contribution is 2.19. The first-order chi connectivity index (χ1) is 10.5. The number of carbonyl (C=O) groups excluding carboxylic acids is 1. The molecule has 1 aromatic rings. The lowest BCUT2D eigenvalue weighted by atomic mass is 10.00. The molecule has 0 aromatic heterocycles. The van der Waals surface area contributed by atoms with E-state index in [-0.39, 0.29) is 12.6 Å². The number of amides is 2. The first-order valence-corrected chi connectivity index (χ1v) is 7.78. The Morgan fingerprint density at radius 1 is 1.32 bits per heavy atom. The van der Waals surface area contributed by atoms with Crippen LogP contribution in [0.3, 0.4) is 0 Å². The summed E-state index contributed by atoms with van der Waals surface area (Å²) in [6.45, 7) is 6.34. The summed E-state index contributed by atoms with van der Waals surface area (Å²) in [5, 5.41) is 15.0. The van der Waals surface area contributed by atoms with Gasteiger partial charge in [0.25, 0.3) is 0 Å². The molecule has 0 saturated carbocycles. The Kier molecular flexibility index (Phi) is 7.35. The Morgan fingerprint density at radius 2 is 2.05 bits per heavy atom. The van der Waals surface area contributed by atoms with Gasteiger partial charge in [0.15, 0.2) is 0 Å². The van der Waals surface area contributed by atoms with E-state index >= 15 is 0 Å². The predicted molar refractivity (Wildman–Crippen MR) is 89.3 cm³/mol. The Balaban J connectivity index is 2.83. The van der Waals surface area contributed by atoms with Crippen LogP contribution in [-0.4, -0.2) is 37.0 Å². The number of carbonyl (C=O) groups is 1. The molecule has 0 aliphatic carbocycles. The summed E-state index contributed by atoms with van der Waals surface area (Å²) in [6.07, 6.45) is 2.21. The van der Waals surface area contributed by atoms with Gasteiger partial charge in [-0.05, 0) is 43.4 Å². The Morgan fingerprint density at radius 3 is 2.59 bits per heavy atom. The van der Waals surface area contributed by atoms with Gasteiger partial charge in [-0.2, -0.15) is 0 Å². The highest BCUT2D eigenvalue weighted by Gasteiger charge is 2.26. The SMILES string of the molecule is CCc1ccc(CC)c(NC(=O)NC(C)(CCO)COC)c1. The zero-order chi connectivity index (χ0) is 16.6. The number of benzene rings is 1. The van der Waals surface area contributed by atoms with E-state index in [4.69, 9.17) is 9.84 Å². The molecule has 0 bridgehead atoms. The second-order valence-electron chi connectivity index (χ2n) is 5.75. The van der Waals surface area contributed by atoms with Crippen molar-refractivity contribution in [1.29, 1.82) is 0 Å². The zero-order valence-electron chi connectivity index (χ0n) is 14.0. The highest BCUT2D eigenvalue weighted by molar-refractivity contribution is 5.90. The minimum atomic E-state index is -0.595. The van der Waals surface area contributed by atoms with Crippen LogP contribution in [0.15, 0.2) is 18.2 Å². The number of nitrogens with one attached hydrogen (secondary N) is 2. The molecule has 0 fully saturated rings. The lowest BCUT2D eigenvalue weighted by molar-refractivity contribution is 0.104. The number of aliphatic hydroxyl groups is 1. The van der Waals surface area contributed by atoms with Crippen LogP contribution < -0.4 is 10.6 Å². The second-order valence-corrected chi connectivity index (χ2v) is 5.75. The van der Waals surface area contributed by atoms with Crippen LogP contribution in [0, 0.1) is 0 Å². The predicted octanol–water partition coefficient (Wildman–Crippen LogP) is 2.72. The molecule has 22 heavy (non-hydrogen) atoms. The maximum absolute atomic E-state index is 12.3. The van der Waals surface area contributed by atoms with Gasteiger partial charge in [0, 0.05) is 19.4 Å². The number of hydrogen-bond donors (Lipinski definition) is 3. The molecule has 0 aliphatic heterocycles. The van der Waals surface area contributed by atoms with Crippen molar-refractivity contribution in [2.24, 2.45) is 0 Å². The van der Waals surface area contributed by atoms with Gasteiger partial charge < -0.3 is 20.5 Å². The van der Waals surface area contributed by atoms with E-state index in [0.29, 0.717) is 13.0 Å². The second kappa shape index (κ2) is 8.76. The molecule has 5 heteroatoms. The van der Waals surface area contributed by atoms with Crippen molar-refractivity contribution in [1.82, 2.24) is 5.32 Å². The molecule has 0 spiro atoms. The van der Waals surface area contributed by atoms with E-state index in [1.165, 1.54) is 5.56 Å². The van der Waals surface area contributed by atoms with Gasteiger partial charge in [-0.15, -0.1) is 0 Å². The number of hydrogen-bond acceptors (Lipinski definition) is 3. The minimum Gasteiger partial charge on any atom is -0.396 e. The van der Waals surface area contributed by atoms with Gasteiger partial charge in [-0.3, -0.25) is 0 Å². The van der Waals surface area contributed by atoms with Gasteiger partial charge in [0.1, 0.15) is 0 Å². The molecule has 3 N–H and O–H groups in total. The third kappa shape index (κ3) is 5.31. The lowest BCUT2D eigenvalue weighted by Gasteiger charge is -2.29. The van der Waals surface area contributed by atoms with Crippen molar-refractivity contribution < 1.29 is 14.6 Å². The largest absolute Gasteiger partial charge is 0.396 e. The average molecular weight is 308 g/mol. The summed E-state index contributed by atoms with van der Waals surface area (Å²) in [6, 6.07) is 5.87. The van der Waals surface area contributed by atoms with Crippen LogP contribution in [0.25, 0.3) is 0 Å². The molecule has 2 amide bonds. The fraction of sp³-hybridized carbons (Fsp3) is 0.588. The topological polar surface area (TPSA) is 70.6 Å². The van der Waals surface area contributed by atoms with Crippen molar-refractivity contribution >= 4 is 11.7 Å². The number of methoxy groups -OCH3 is 1. The standard InChI is InChI=1S/C17H28N2O3/c1-5-13-7-8-14(6-2)15(11-13)18-16(21)19-17(3,9-10-20)12-22-4/h7-8,11,20H,5-6,9-10,12H2,1-4H3,(H2,18,19,21). The average Bonchev–Trinajstić information content (AvgIpc) is 2.47. The molecule has 0 aliphatic rings. The fourth-order valence-electron chi connectivity index (χ4n) is 2.43. The van der Waals surface area contributed by atoms with Crippen molar-refractivity contribution in [3.8, 4) is 0 Å². The van der Waals surface area contributed by atoms with E-state index in [1.807, 2.05) is 13.0 Å². The third-order valence-corrected chi connectivity index (χ3v) is 3.75. The number of urea groups is 1. The number of rotatable bonds is 8. The zero-order valence-corrected chi connectivity index (χ0v) is 14.0. The van der Waals surface area contributed by atoms with Crippen molar-refractivity contribution in [2.75, 3.05) is 25.6 Å². The molecular formula is C17H28N2O3. The molecule has 0 radical (unpaired) electrons. The van der Waals surface area contributed by atoms with Crippen LogP contribution in [0.5, 0.6) is 0 Å². The first-order valence-electron chi connectivity index (χ1n) is 7.78. The van der Waals surface area contributed by atoms with Gasteiger partial charge in [0.2, 0.25) is 0 Å². The molecular weight excluding hydrogens is 280 g/mol. The quantitative estimate of drug-likeness (QED) is 0.691. The van der Waals surface area contributed by atoms with E-state index in [1.54, 1.807) is 7.11 Å². The number of aliphatic hydroxyl groups excluding tert-OH is 1. The Bertz CT molecular complexity index is 483. The van der Waals surface area contributed by atoms with E-state index < -0.39 is 5.54 Å². The molecule has 124 valence electrons. The molecule has 1 rings (SSSR count). The summed E-state index contributed by atoms with van der Waals surface area (Å²) in [5.41, 5.74) is 2.52. The van der Waals surface area contributed by atoms with Gasteiger partial charge in [0.05, 0.1) is 12.1 Å². The molecule has 0 heterocycles. The highest BCUT2D eigenvalue weighted by atomic mass is 16.5. The van der Waals surface area contributed by atoms with Crippen molar-refractivity contribution in [3.63, 3.8) is 0 Å². The first kappa shape index (κ1) is 18.5. The molecule has 0 saturated heterocycles. The maximum atomic E-state index is 12.3. The summed E-state index contributed by atoms with van der Waals surface area (Å²) < 4.78 is 5.14. The lowest BCUT2D eigenvalue weighted by Crippen LogP contribution is -2.51. The monoisotopic (exact) mass is 308 g/mol. The summed E-state index contributed by atoms with van der Waals surface area (Å²) in [7, 11) is 1.58. The fourth-order valence-corrected chi connectivity index (χ4v) is 2.43. The van der Waals surface area contributed by atoms with Crippen LogP contribution in [0.2, 0.25) is 0 Å². The molecule has 1 atom stereocenters. The summed E-state index contributed by atoms with van der Waals surface area (Å²) in [5.74, 6) is 0. The summed E-state index contributed by atoms with van der Waals surface area (Å²) >= 11 is 0. The number of anilines is 1. The van der Waals surface area contributed by atoms with Crippen LogP contribution in [0.4, 0.5) is 10.5 Å². The van der Waals surface area contributed by atoms with Gasteiger partial charge in [-0.1, -0.05) is 26.0 Å². The van der Waals surface area contributed by atoms with Crippen molar-refractivity contribution in [3.05, 3.63) is 29.3 Å². The molecule has 1 unspecified atom stereocenters. The number of ether oxygens (including phenoxy) is 1. The Hall–Kier alpha value is -1.59. The molecule has 1 aromatic carbocycles. The Labute approximate surface area is 133 Å². The van der Waals surface area contributed by atoms with Crippen molar-refractivity contribution in [2.45, 2.75) is 45.6 Å². The number of aryl methyl sites for hydroxylation is 2. The summed E-state index contributed by atoms with van der Waals surface area (Å²) in [4.78, 5) is 12.3. The van der Waals surface area contributed by atoms with Gasteiger partial charge in [-0.25, -0.2) is 4.79 Å². The minimum absolute atomic E-state index is 0.00826. The maximum Gasteiger partial charge on any atom is 0.319 e. The normalized spacial score (nSPS) is 13.5. The molecule has 5 nitrogen and oxygen atoms in total. The smallest absolute Gasteiger partial charge is 0.319 e.